The van der Waals surface area contributed by atoms with Crippen LogP contribution in [0.1, 0.15) is 48.5 Å². The molecule has 11 heteroatoms. The number of carbonyl (C=O) groups is 1. The zero-order chi connectivity index (χ0) is 29.9. The van der Waals surface area contributed by atoms with Gasteiger partial charge in [0.1, 0.15) is 17.2 Å². The number of aryl methyl sites for hydroxylation is 1. The van der Waals surface area contributed by atoms with Crippen LogP contribution in [-0.4, -0.2) is 37.2 Å². The molecule has 1 aliphatic rings. The molecule has 5 aromatic rings. The van der Waals surface area contributed by atoms with E-state index < -0.39 is 17.3 Å². The predicted octanol–water partition coefficient (Wildman–Crippen LogP) is 5.26. The van der Waals surface area contributed by atoms with E-state index in [0.29, 0.717) is 29.5 Å². The van der Waals surface area contributed by atoms with E-state index in [1.807, 2.05) is 37.4 Å². The van der Waals surface area contributed by atoms with Crippen molar-refractivity contribution in [1.29, 1.82) is 0 Å². The first-order valence-corrected chi connectivity index (χ1v) is 14.4. The predicted molar refractivity (Wildman–Crippen MR) is 166 cm³/mol. The molecule has 43 heavy (non-hydrogen) atoms. The molecule has 0 atom stereocenters. The fourth-order valence-corrected chi connectivity index (χ4v) is 5.45. The summed E-state index contributed by atoms with van der Waals surface area (Å²) in [4.78, 5) is 30.8. The van der Waals surface area contributed by atoms with Crippen molar-refractivity contribution in [3.05, 3.63) is 107 Å². The van der Waals surface area contributed by atoms with E-state index in [0.717, 1.165) is 48.4 Å². The fraction of sp³-hybridized carbons (Fsp3) is 0.250. The number of aromatic nitrogens is 4. The Morgan fingerprint density at radius 1 is 1.02 bits per heavy atom. The minimum absolute atomic E-state index is 0.0189. The van der Waals surface area contributed by atoms with Crippen LogP contribution in [0.25, 0.3) is 11.3 Å². The average Bonchev–Trinajstić information content (AvgIpc) is 3.49. The number of nitrogens with two attached hydrogens (primary N) is 1. The summed E-state index contributed by atoms with van der Waals surface area (Å²) < 4.78 is 16.4. The van der Waals surface area contributed by atoms with E-state index in [-0.39, 0.29) is 11.6 Å². The highest BCUT2D eigenvalue weighted by molar-refractivity contribution is 6.04. The highest BCUT2D eigenvalue weighted by Crippen LogP contribution is 2.28. The summed E-state index contributed by atoms with van der Waals surface area (Å²) in [6, 6.07) is 16.8. The van der Waals surface area contributed by atoms with Gasteiger partial charge in [-0.2, -0.15) is 0 Å². The van der Waals surface area contributed by atoms with Gasteiger partial charge in [0, 0.05) is 53.8 Å². The number of nitrogens with zero attached hydrogens (tertiary/aromatic N) is 4. The Morgan fingerprint density at radius 3 is 2.58 bits per heavy atom. The molecule has 1 amide bonds. The number of benzene rings is 2. The van der Waals surface area contributed by atoms with Gasteiger partial charge in [0.2, 0.25) is 0 Å². The van der Waals surface area contributed by atoms with Crippen molar-refractivity contribution in [2.24, 2.45) is 5.73 Å². The van der Waals surface area contributed by atoms with E-state index in [4.69, 9.17) is 5.73 Å². The Kier molecular flexibility index (Phi) is 7.89. The topological polar surface area (TPSA) is 131 Å². The molecule has 0 unspecified atom stereocenters. The average molecular weight is 581 g/mol. The number of rotatable bonds is 8. The molecule has 0 radical (unpaired) electrons. The molecule has 0 spiro atoms. The minimum atomic E-state index is -0.524. The number of amides is 1. The molecule has 2 aromatic carbocycles. The first-order chi connectivity index (χ1) is 20.9. The highest BCUT2D eigenvalue weighted by Gasteiger charge is 2.20. The van der Waals surface area contributed by atoms with Crippen LogP contribution in [0.3, 0.4) is 0 Å². The van der Waals surface area contributed by atoms with Gasteiger partial charge in [0.25, 0.3) is 11.5 Å². The van der Waals surface area contributed by atoms with E-state index >= 15 is 0 Å². The summed E-state index contributed by atoms with van der Waals surface area (Å²) in [5, 5.41) is 14.6. The second kappa shape index (κ2) is 12.1. The number of imidazole rings is 1. The third-order valence-electron chi connectivity index (χ3n) is 7.79. The van der Waals surface area contributed by atoms with Crippen LogP contribution in [-0.2, 0) is 6.42 Å². The number of hydrogen-bond acceptors (Lipinski definition) is 7. The van der Waals surface area contributed by atoms with Crippen molar-refractivity contribution in [3.63, 3.8) is 0 Å². The first-order valence-electron chi connectivity index (χ1n) is 14.4. The number of nitrogens with one attached hydrogen (secondary N) is 3. The van der Waals surface area contributed by atoms with Crippen LogP contribution in [0.15, 0.2) is 84.0 Å². The first kappa shape index (κ1) is 28.1. The summed E-state index contributed by atoms with van der Waals surface area (Å²) in [6.07, 6.45) is 9.71. The van der Waals surface area contributed by atoms with Crippen LogP contribution in [0, 0.1) is 5.82 Å². The minimum Gasteiger partial charge on any atom is -0.366 e. The molecule has 1 saturated carbocycles. The lowest BCUT2D eigenvalue weighted by atomic mass is 9.92. The summed E-state index contributed by atoms with van der Waals surface area (Å²) in [5.74, 6) is -0.178. The summed E-state index contributed by atoms with van der Waals surface area (Å²) in [5.41, 5.74) is 9.82. The molecule has 0 bridgehead atoms. The second-order valence-electron chi connectivity index (χ2n) is 10.8. The number of hydrogen-bond donors (Lipinski definition) is 4. The van der Waals surface area contributed by atoms with Crippen molar-refractivity contribution < 1.29 is 9.18 Å². The second-order valence-corrected chi connectivity index (χ2v) is 10.8. The molecular weight excluding hydrogens is 547 g/mol. The Hall–Kier alpha value is -5.03. The number of anilines is 4. The van der Waals surface area contributed by atoms with Gasteiger partial charge in [-0.3, -0.25) is 14.2 Å². The van der Waals surface area contributed by atoms with E-state index in [9.17, 15) is 14.0 Å². The maximum atomic E-state index is 13.4. The van der Waals surface area contributed by atoms with Crippen molar-refractivity contribution in [3.8, 4) is 5.69 Å². The zero-order valence-electron chi connectivity index (χ0n) is 23.8. The van der Waals surface area contributed by atoms with Crippen molar-refractivity contribution in [1.82, 2.24) is 19.2 Å². The molecule has 0 aliphatic heterocycles. The summed E-state index contributed by atoms with van der Waals surface area (Å²) >= 11 is 0. The number of fused-ring (bicyclic) bond motifs is 1. The molecule has 220 valence electrons. The largest absolute Gasteiger partial charge is 0.366 e. The Balaban J connectivity index is 1.22. The van der Waals surface area contributed by atoms with Gasteiger partial charge in [-0.15, -0.1) is 5.10 Å². The third kappa shape index (κ3) is 6.12. The van der Waals surface area contributed by atoms with Gasteiger partial charge in [-0.05, 0) is 92.3 Å². The number of pyridine rings is 1. The monoisotopic (exact) mass is 580 g/mol. The zero-order valence-corrected chi connectivity index (χ0v) is 23.8. The standard InChI is InChI=1S/C32H33FN8O2/c1-2-20-18-24(36-28-19-29(39-41-17-15-35-30(28)41)37-23-9-7-22(34)8-10-23)11-14-27(20)38-31(42)26-4-3-16-40(32(26)43)25-12-5-21(33)6-13-25/h3-6,11-19,22-23,36H,2,7-10,34H2,1H3,(H,37,39)(H,38,42)/t22-,23-. The normalized spacial score (nSPS) is 16.6. The highest BCUT2D eigenvalue weighted by atomic mass is 19.1. The molecule has 6 rings (SSSR count). The van der Waals surface area contributed by atoms with Gasteiger partial charge < -0.3 is 21.7 Å². The number of carbonyl (C=O) groups excluding carboxylic acids is 1. The molecule has 1 aliphatic carbocycles. The Morgan fingerprint density at radius 2 is 1.81 bits per heavy atom. The van der Waals surface area contributed by atoms with Crippen molar-refractivity contribution in [2.45, 2.75) is 51.1 Å². The quantitative estimate of drug-likeness (QED) is 0.197. The Labute approximate surface area is 247 Å². The van der Waals surface area contributed by atoms with Crippen molar-refractivity contribution in [2.75, 3.05) is 16.0 Å². The molecule has 10 nitrogen and oxygen atoms in total. The van der Waals surface area contributed by atoms with Crippen LogP contribution in [0.4, 0.5) is 27.3 Å². The maximum Gasteiger partial charge on any atom is 0.267 e. The lowest BCUT2D eigenvalue weighted by Gasteiger charge is -2.27. The number of halogens is 1. The van der Waals surface area contributed by atoms with Gasteiger partial charge in [0.15, 0.2) is 5.65 Å². The maximum absolute atomic E-state index is 13.4. The van der Waals surface area contributed by atoms with Crippen molar-refractivity contribution >= 4 is 34.4 Å². The van der Waals surface area contributed by atoms with Crippen LogP contribution < -0.4 is 27.2 Å². The molecule has 0 saturated heterocycles. The lowest BCUT2D eigenvalue weighted by Crippen LogP contribution is -2.33. The molecule has 1 fully saturated rings. The smallest absolute Gasteiger partial charge is 0.267 e. The lowest BCUT2D eigenvalue weighted by molar-refractivity contribution is 0.102. The SMILES string of the molecule is CCc1cc(Nc2cc(N[C@H]3CC[C@H](N)CC3)nn3ccnc23)ccc1NC(=O)c1cccn(-c2ccc(F)cc2)c1=O. The molecular formula is C32H33FN8O2. The van der Waals surface area contributed by atoms with E-state index in [1.54, 1.807) is 23.0 Å². The molecule has 3 aromatic heterocycles. The Bertz CT molecular complexity index is 1820. The van der Waals surface area contributed by atoms with Gasteiger partial charge in [-0.1, -0.05) is 6.92 Å². The fourth-order valence-electron chi connectivity index (χ4n) is 5.45. The van der Waals surface area contributed by atoms with Crippen LogP contribution in [0.5, 0.6) is 0 Å². The van der Waals surface area contributed by atoms with E-state index in [1.165, 1.54) is 34.9 Å². The van der Waals surface area contributed by atoms with Crippen LogP contribution in [0.2, 0.25) is 0 Å². The van der Waals surface area contributed by atoms with E-state index in [2.05, 4.69) is 26.0 Å². The van der Waals surface area contributed by atoms with Gasteiger partial charge in [0.05, 0.1) is 5.69 Å². The van der Waals surface area contributed by atoms with Crippen LogP contribution >= 0.6 is 0 Å². The van der Waals surface area contributed by atoms with Gasteiger partial charge in [-0.25, -0.2) is 13.9 Å². The third-order valence-corrected chi connectivity index (χ3v) is 7.79. The summed E-state index contributed by atoms with van der Waals surface area (Å²) in [7, 11) is 0. The molecule has 3 heterocycles. The summed E-state index contributed by atoms with van der Waals surface area (Å²) in [6.45, 7) is 2.00. The van der Waals surface area contributed by atoms with Gasteiger partial charge >= 0.3 is 0 Å². The molecule has 5 N–H and O–H groups in total.